The van der Waals surface area contributed by atoms with Crippen LogP contribution < -0.4 is 0 Å². The molecule has 0 amide bonds. The van der Waals surface area contributed by atoms with Gasteiger partial charge in [-0.15, -0.1) is 0 Å². The van der Waals surface area contributed by atoms with E-state index in [4.69, 9.17) is 0 Å². The number of hydrogen-bond acceptors (Lipinski definition) is 0. The fourth-order valence-electron chi connectivity index (χ4n) is 4.39. The van der Waals surface area contributed by atoms with Crippen LogP contribution in [0.15, 0.2) is 35.4 Å². The molecule has 0 radical (unpaired) electrons. The van der Waals surface area contributed by atoms with Gasteiger partial charge >= 0.3 is 0 Å². The average molecular weight is 422 g/mol. The van der Waals surface area contributed by atoms with Crippen molar-refractivity contribution in [2.75, 3.05) is 0 Å². The molecule has 3 aliphatic carbocycles. The van der Waals surface area contributed by atoms with E-state index in [1.54, 1.807) is 22.3 Å². The van der Waals surface area contributed by atoms with Crippen LogP contribution in [0.4, 0.5) is 0 Å². The average Bonchev–Trinajstić information content (AvgIpc) is 2.54. The lowest BCUT2D eigenvalue weighted by Gasteiger charge is -2.36. The van der Waals surface area contributed by atoms with Gasteiger partial charge in [0.25, 0.3) is 0 Å². The van der Waals surface area contributed by atoms with E-state index in [-0.39, 0.29) is 3.23 Å². The van der Waals surface area contributed by atoms with Crippen LogP contribution in [0, 0.1) is 0 Å². The quantitative estimate of drug-likeness (QED) is 0.442. The monoisotopic (exact) mass is 420 g/mol. The van der Waals surface area contributed by atoms with Crippen molar-refractivity contribution < 1.29 is 0 Å². The molecule has 0 aliphatic heterocycles. The predicted octanol–water partition coefficient (Wildman–Crippen LogP) is 6.71. The van der Waals surface area contributed by atoms with Crippen LogP contribution in [-0.4, -0.2) is 3.23 Å². The number of fused-ring (bicyclic) bond motifs is 2. The molecule has 0 bridgehead atoms. The van der Waals surface area contributed by atoms with Gasteiger partial charge in [0.05, 0.1) is 0 Å². The van der Waals surface area contributed by atoms with E-state index in [2.05, 4.69) is 56.1 Å². The Morgan fingerprint density at radius 2 is 1.64 bits per heavy atom. The van der Waals surface area contributed by atoms with Gasteiger partial charge in [0.1, 0.15) is 3.23 Å². The minimum absolute atomic E-state index is 0.0806. The van der Waals surface area contributed by atoms with Crippen LogP contribution in [-0.2, 0) is 12.8 Å². The van der Waals surface area contributed by atoms with Crippen LogP contribution in [0.5, 0.6) is 0 Å². The summed E-state index contributed by atoms with van der Waals surface area (Å²) < 4.78 is -0.0806. The van der Waals surface area contributed by atoms with Gasteiger partial charge in [0.2, 0.25) is 0 Å². The Hall–Kier alpha value is -0.340. The first kappa shape index (κ1) is 15.2. The van der Waals surface area contributed by atoms with Crippen molar-refractivity contribution in [1.82, 2.24) is 0 Å². The number of aryl methyl sites for hydroxylation is 1. The van der Waals surface area contributed by atoms with Crippen LogP contribution in [0.2, 0.25) is 0 Å². The Bertz CT molecular complexity index is 664. The molecule has 22 heavy (non-hydrogen) atoms. The van der Waals surface area contributed by atoms with Gasteiger partial charge in [0, 0.05) is 0 Å². The molecule has 1 aromatic carbocycles. The smallest absolute Gasteiger partial charge is 0.0784 e. The predicted molar refractivity (Wildman–Crippen MR) is 102 cm³/mol. The minimum Gasteiger partial charge on any atom is -0.0784 e. The highest BCUT2D eigenvalue weighted by atomic mass is 79.9. The molecule has 0 nitrogen and oxygen atoms in total. The molecular formula is C20H22Br2. The summed E-state index contributed by atoms with van der Waals surface area (Å²) in [6, 6.07) is 6.97. The van der Waals surface area contributed by atoms with Crippen molar-refractivity contribution in [2.45, 2.75) is 61.0 Å². The first-order valence-corrected chi connectivity index (χ1v) is 10.2. The van der Waals surface area contributed by atoms with Crippen LogP contribution >= 0.6 is 31.9 Å². The van der Waals surface area contributed by atoms with Gasteiger partial charge in [-0.3, -0.25) is 0 Å². The fourth-order valence-corrected chi connectivity index (χ4v) is 5.62. The molecule has 116 valence electrons. The second kappa shape index (κ2) is 5.94. The zero-order valence-electron chi connectivity index (χ0n) is 12.9. The first-order chi connectivity index (χ1) is 10.7. The van der Waals surface area contributed by atoms with Crippen molar-refractivity contribution in [2.24, 2.45) is 0 Å². The highest BCUT2D eigenvalue weighted by molar-refractivity contribution is 9.25. The topological polar surface area (TPSA) is 0 Å². The maximum Gasteiger partial charge on any atom is 0.110 e. The molecule has 0 aromatic heterocycles. The molecular weight excluding hydrogens is 400 g/mol. The Balaban J connectivity index is 1.92. The normalized spacial score (nSPS) is 23.6. The number of allylic oxidation sites excluding steroid dienone is 4. The fraction of sp³-hybridized carbons (Fsp3) is 0.500. The van der Waals surface area contributed by atoms with E-state index in [1.807, 2.05) is 0 Å². The molecule has 0 N–H and O–H groups in total. The lowest BCUT2D eigenvalue weighted by molar-refractivity contribution is 0.666. The summed E-state index contributed by atoms with van der Waals surface area (Å²) in [6.45, 7) is 0. The largest absolute Gasteiger partial charge is 0.110 e. The molecule has 0 saturated heterocycles. The van der Waals surface area contributed by atoms with Crippen molar-refractivity contribution in [3.8, 4) is 0 Å². The molecule has 0 heterocycles. The summed E-state index contributed by atoms with van der Waals surface area (Å²) in [4.78, 5) is 0. The molecule has 0 spiro atoms. The van der Waals surface area contributed by atoms with Gasteiger partial charge < -0.3 is 0 Å². The van der Waals surface area contributed by atoms with E-state index < -0.39 is 0 Å². The standard InChI is InChI=1S/C20H22Br2/c21-20(22)13-12-15-7-2-4-10-17(15)19(20)18-11-5-8-14-6-1-3-9-16(14)18/h5,8,11-12H,1-4,6-7,9-10,13H2. The number of alkyl halides is 2. The zero-order valence-corrected chi connectivity index (χ0v) is 16.1. The maximum atomic E-state index is 4.00. The van der Waals surface area contributed by atoms with Gasteiger partial charge in [-0.2, -0.15) is 0 Å². The summed E-state index contributed by atoms with van der Waals surface area (Å²) in [5, 5.41) is 0. The molecule has 1 saturated carbocycles. The number of hydrogen-bond donors (Lipinski definition) is 0. The van der Waals surface area contributed by atoms with E-state index in [9.17, 15) is 0 Å². The Kier molecular flexibility index (Phi) is 4.11. The van der Waals surface area contributed by atoms with Gasteiger partial charge in [-0.05, 0) is 91.2 Å². The van der Waals surface area contributed by atoms with Crippen molar-refractivity contribution in [3.63, 3.8) is 0 Å². The first-order valence-electron chi connectivity index (χ1n) is 8.59. The lowest BCUT2D eigenvalue weighted by atomic mass is 9.76. The van der Waals surface area contributed by atoms with E-state index in [1.165, 1.54) is 62.5 Å². The highest BCUT2D eigenvalue weighted by Crippen LogP contribution is 2.53. The summed E-state index contributed by atoms with van der Waals surface area (Å²) in [6.07, 6.45) is 13.9. The lowest BCUT2D eigenvalue weighted by Crippen LogP contribution is -2.23. The van der Waals surface area contributed by atoms with Crippen molar-refractivity contribution >= 4 is 37.4 Å². The summed E-state index contributed by atoms with van der Waals surface area (Å²) in [5.41, 5.74) is 9.47. The summed E-state index contributed by atoms with van der Waals surface area (Å²) in [7, 11) is 0. The molecule has 3 aliphatic rings. The molecule has 4 rings (SSSR count). The number of halogens is 2. The van der Waals surface area contributed by atoms with Crippen LogP contribution in [0.3, 0.4) is 0 Å². The van der Waals surface area contributed by atoms with E-state index >= 15 is 0 Å². The molecule has 1 fully saturated rings. The molecule has 0 atom stereocenters. The minimum atomic E-state index is -0.0806. The SMILES string of the molecule is BrC1(Br)CC=C2CCCCC2=C1c1cccc2c1CCCC2. The molecule has 0 unspecified atom stereocenters. The van der Waals surface area contributed by atoms with E-state index in [0.29, 0.717) is 0 Å². The maximum absolute atomic E-state index is 4.00. The third-order valence-electron chi connectivity index (χ3n) is 5.45. The van der Waals surface area contributed by atoms with Gasteiger partial charge in [0.15, 0.2) is 0 Å². The van der Waals surface area contributed by atoms with E-state index in [0.717, 1.165) is 6.42 Å². The second-order valence-corrected chi connectivity index (χ2v) is 10.6. The van der Waals surface area contributed by atoms with Crippen molar-refractivity contribution in [3.05, 3.63) is 52.1 Å². The molecule has 2 heteroatoms. The van der Waals surface area contributed by atoms with Crippen LogP contribution in [0.1, 0.15) is 61.6 Å². The zero-order chi connectivity index (χ0) is 15.2. The summed E-state index contributed by atoms with van der Waals surface area (Å²) >= 11 is 8.00. The van der Waals surface area contributed by atoms with Gasteiger partial charge in [-0.1, -0.05) is 56.1 Å². The summed E-state index contributed by atoms with van der Waals surface area (Å²) in [5.74, 6) is 0. The van der Waals surface area contributed by atoms with Gasteiger partial charge in [-0.25, -0.2) is 0 Å². The Morgan fingerprint density at radius 3 is 2.55 bits per heavy atom. The third kappa shape index (κ3) is 2.57. The molecule has 1 aromatic rings. The highest BCUT2D eigenvalue weighted by Gasteiger charge is 2.37. The second-order valence-electron chi connectivity index (χ2n) is 6.85. The van der Waals surface area contributed by atoms with Crippen molar-refractivity contribution in [1.29, 1.82) is 0 Å². The third-order valence-corrected chi connectivity index (χ3v) is 6.89. The van der Waals surface area contributed by atoms with Crippen LogP contribution in [0.25, 0.3) is 5.57 Å². The Morgan fingerprint density at radius 1 is 0.864 bits per heavy atom. The number of benzene rings is 1. The Labute approximate surface area is 150 Å². The number of rotatable bonds is 1.